The Balaban J connectivity index is 1.67. The first-order chi connectivity index (χ1) is 12.5. The van der Waals surface area contributed by atoms with Crippen molar-refractivity contribution in [1.29, 1.82) is 0 Å². The zero-order valence-corrected chi connectivity index (χ0v) is 14.8. The van der Waals surface area contributed by atoms with Gasteiger partial charge in [0.15, 0.2) is 0 Å². The highest BCUT2D eigenvalue weighted by molar-refractivity contribution is 5.89. The van der Waals surface area contributed by atoms with Crippen LogP contribution in [0, 0.1) is 0 Å². The molecule has 0 atom stereocenters. The number of nitrogens with one attached hydrogen (secondary N) is 2. The fourth-order valence-electron chi connectivity index (χ4n) is 2.10. The van der Waals surface area contributed by atoms with Gasteiger partial charge in [0.25, 0.3) is 0 Å². The minimum absolute atomic E-state index is 0.105. The van der Waals surface area contributed by atoms with Crippen molar-refractivity contribution in [3.05, 3.63) is 60.7 Å². The molecule has 0 aliphatic carbocycles. The molecule has 0 spiro atoms. The van der Waals surface area contributed by atoms with Crippen LogP contribution in [0.2, 0.25) is 0 Å². The number of rotatable bonds is 8. The third-order valence-electron chi connectivity index (χ3n) is 3.21. The monoisotopic (exact) mass is 354 g/mol. The van der Waals surface area contributed by atoms with Crippen LogP contribution < -0.4 is 20.1 Å². The van der Waals surface area contributed by atoms with Crippen molar-refractivity contribution in [3.8, 4) is 11.5 Å². The number of carbonyl (C=O) groups is 2. The molecule has 0 saturated heterocycles. The number of anilines is 2. The molecule has 6 heteroatoms. The van der Waals surface area contributed by atoms with Crippen molar-refractivity contribution in [2.75, 3.05) is 23.8 Å². The lowest BCUT2D eigenvalue weighted by atomic mass is 10.3. The van der Waals surface area contributed by atoms with Crippen molar-refractivity contribution in [2.45, 2.75) is 13.8 Å². The van der Waals surface area contributed by atoms with E-state index in [0.717, 1.165) is 22.9 Å². The summed E-state index contributed by atoms with van der Waals surface area (Å²) < 4.78 is 11.2. The number of benzene rings is 2. The highest BCUT2D eigenvalue weighted by Gasteiger charge is 1.97. The van der Waals surface area contributed by atoms with Gasteiger partial charge in [0.2, 0.25) is 11.8 Å². The van der Waals surface area contributed by atoms with Gasteiger partial charge in [0.05, 0.1) is 0 Å². The molecule has 2 aromatic rings. The van der Waals surface area contributed by atoms with E-state index in [-0.39, 0.29) is 11.8 Å². The zero-order chi connectivity index (χ0) is 18.8. The van der Waals surface area contributed by atoms with E-state index in [1.54, 1.807) is 48.5 Å². The van der Waals surface area contributed by atoms with Crippen LogP contribution in [-0.2, 0) is 9.59 Å². The second-order valence-electron chi connectivity index (χ2n) is 5.50. The van der Waals surface area contributed by atoms with Crippen LogP contribution >= 0.6 is 0 Å². The van der Waals surface area contributed by atoms with Crippen LogP contribution in [0.4, 0.5) is 11.4 Å². The van der Waals surface area contributed by atoms with Crippen molar-refractivity contribution in [3.63, 3.8) is 0 Å². The van der Waals surface area contributed by atoms with Crippen LogP contribution in [0.25, 0.3) is 0 Å². The maximum atomic E-state index is 11.0. The number of amides is 2. The van der Waals surface area contributed by atoms with Gasteiger partial charge >= 0.3 is 0 Å². The summed E-state index contributed by atoms with van der Waals surface area (Å²) >= 11 is 0. The van der Waals surface area contributed by atoms with E-state index in [0.29, 0.717) is 13.2 Å². The Bertz CT molecular complexity index is 687. The topological polar surface area (TPSA) is 76.7 Å². The first-order valence-corrected chi connectivity index (χ1v) is 8.19. The van der Waals surface area contributed by atoms with Crippen molar-refractivity contribution >= 4 is 23.2 Å². The van der Waals surface area contributed by atoms with Crippen LogP contribution in [0.1, 0.15) is 13.8 Å². The molecule has 2 rings (SSSR count). The van der Waals surface area contributed by atoms with Crippen molar-refractivity contribution in [2.24, 2.45) is 0 Å². The predicted octanol–water partition coefficient (Wildman–Crippen LogP) is 3.62. The molecule has 0 aliphatic heterocycles. The number of carbonyl (C=O) groups excluding carboxylic acids is 2. The minimum Gasteiger partial charge on any atom is -0.490 e. The maximum absolute atomic E-state index is 11.0. The molecular weight excluding hydrogens is 332 g/mol. The van der Waals surface area contributed by atoms with E-state index in [1.807, 2.05) is 12.2 Å². The first kappa shape index (κ1) is 19.1. The first-order valence-electron chi connectivity index (χ1n) is 8.19. The Hall–Kier alpha value is -3.28. The molecule has 0 fully saturated rings. The normalized spacial score (nSPS) is 10.4. The number of ether oxygens (including phenoxy) is 2. The lowest BCUT2D eigenvalue weighted by molar-refractivity contribution is -0.115. The van der Waals surface area contributed by atoms with E-state index in [9.17, 15) is 9.59 Å². The molecule has 6 nitrogen and oxygen atoms in total. The molecule has 0 bridgehead atoms. The van der Waals surface area contributed by atoms with E-state index in [1.165, 1.54) is 13.8 Å². The summed E-state index contributed by atoms with van der Waals surface area (Å²) in [5.74, 6) is 1.23. The Labute approximate surface area is 152 Å². The van der Waals surface area contributed by atoms with Gasteiger partial charge in [-0.15, -0.1) is 0 Å². The molecule has 2 aromatic carbocycles. The van der Waals surface area contributed by atoms with E-state index in [2.05, 4.69) is 10.6 Å². The number of hydrogen-bond acceptors (Lipinski definition) is 4. The molecule has 2 N–H and O–H groups in total. The van der Waals surface area contributed by atoms with Gasteiger partial charge in [-0.1, -0.05) is 0 Å². The largest absolute Gasteiger partial charge is 0.490 e. The van der Waals surface area contributed by atoms with E-state index >= 15 is 0 Å². The van der Waals surface area contributed by atoms with E-state index in [4.69, 9.17) is 9.47 Å². The summed E-state index contributed by atoms with van der Waals surface area (Å²) in [7, 11) is 0. The Morgan fingerprint density at radius 1 is 0.731 bits per heavy atom. The van der Waals surface area contributed by atoms with Crippen molar-refractivity contribution in [1.82, 2.24) is 0 Å². The summed E-state index contributed by atoms with van der Waals surface area (Å²) in [5, 5.41) is 5.40. The SMILES string of the molecule is CC(=O)Nc1ccc(OCC=CCOc2ccc(NC(C)=O)cc2)cc1. The molecule has 0 unspecified atom stereocenters. The van der Waals surface area contributed by atoms with Crippen LogP contribution in [0.15, 0.2) is 60.7 Å². The van der Waals surface area contributed by atoms with Gasteiger partial charge in [-0.25, -0.2) is 0 Å². The Kier molecular flexibility index (Phi) is 7.24. The second kappa shape index (κ2) is 9.88. The maximum Gasteiger partial charge on any atom is 0.221 e. The average Bonchev–Trinajstić information content (AvgIpc) is 2.60. The molecule has 0 heterocycles. The van der Waals surface area contributed by atoms with Crippen LogP contribution in [0.3, 0.4) is 0 Å². The Morgan fingerprint density at radius 2 is 1.08 bits per heavy atom. The molecule has 0 aromatic heterocycles. The van der Waals surface area contributed by atoms with Gasteiger partial charge in [0.1, 0.15) is 24.7 Å². The summed E-state index contributed by atoms with van der Waals surface area (Å²) in [6.07, 6.45) is 3.74. The summed E-state index contributed by atoms with van der Waals surface area (Å²) in [4.78, 5) is 21.9. The molecule has 26 heavy (non-hydrogen) atoms. The van der Waals surface area contributed by atoms with Gasteiger partial charge in [-0.3, -0.25) is 9.59 Å². The van der Waals surface area contributed by atoms with Gasteiger partial charge in [0, 0.05) is 25.2 Å². The molecule has 0 aliphatic rings. The van der Waals surface area contributed by atoms with Crippen LogP contribution in [-0.4, -0.2) is 25.0 Å². The van der Waals surface area contributed by atoms with Gasteiger partial charge in [-0.2, -0.15) is 0 Å². The summed E-state index contributed by atoms with van der Waals surface area (Å²) in [6.45, 7) is 3.78. The molecule has 0 radical (unpaired) electrons. The fourth-order valence-corrected chi connectivity index (χ4v) is 2.10. The lowest BCUT2D eigenvalue weighted by Gasteiger charge is -2.06. The summed E-state index contributed by atoms with van der Waals surface area (Å²) in [5.41, 5.74) is 1.47. The predicted molar refractivity (Wildman–Crippen MR) is 102 cm³/mol. The second-order valence-corrected chi connectivity index (χ2v) is 5.50. The minimum atomic E-state index is -0.105. The smallest absolute Gasteiger partial charge is 0.221 e. The van der Waals surface area contributed by atoms with Gasteiger partial charge < -0.3 is 20.1 Å². The van der Waals surface area contributed by atoms with Gasteiger partial charge in [-0.05, 0) is 60.7 Å². The highest BCUT2D eigenvalue weighted by Crippen LogP contribution is 2.16. The third kappa shape index (κ3) is 7.09. The molecule has 136 valence electrons. The third-order valence-corrected chi connectivity index (χ3v) is 3.21. The molecule has 0 saturated carbocycles. The highest BCUT2D eigenvalue weighted by atomic mass is 16.5. The lowest BCUT2D eigenvalue weighted by Crippen LogP contribution is -2.05. The van der Waals surface area contributed by atoms with Crippen molar-refractivity contribution < 1.29 is 19.1 Å². The number of hydrogen-bond donors (Lipinski definition) is 2. The van der Waals surface area contributed by atoms with E-state index < -0.39 is 0 Å². The fraction of sp³-hybridized carbons (Fsp3) is 0.200. The molecular formula is C20H22N2O4. The Morgan fingerprint density at radius 3 is 1.38 bits per heavy atom. The quantitative estimate of drug-likeness (QED) is 0.710. The standard InChI is InChI=1S/C20H22N2O4/c1-15(23)21-17-5-9-19(10-6-17)25-13-3-4-14-26-20-11-7-18(8-12-20)22-16(2)24/h3-12H,13-14H2,1-2H3,(H,21,23)(H,22,24). The molecule has 2 amide bonds. The zero-order valence-electron chi connectivity index (χ0n) is 14.8. The van der Waals surface area contributed by atoms with Crippen LogP contribution in [0.5, 0.6) is 11.5 Å². The average molecular weight is 354 g/mol. The summed E-state index contributed by atoms with van der Waals surface area (Å²) in [6, 6.07) is 14.3.